The standard InChI is InChI=1S/C12H13F3O2S2Si/c1-20(2)9-8-6(19-10(9)12(13,14)15)5-7(18-8)11-16-3-4-17-11/h5,11,20H,3-4H2,1-2H3. The molecule has 0 spiro atoms. The zero-order chi connectivity index (χ0) is 14.5. The van der Waals surface area contributed by atoms with Crippen molar-refractivity contribution in [1.29, 1.82) is 0 Å². The Kier molecular flexibility index (Phi) is 3.70. The summed E-state index contributed by atoms with van der Waals surface area (Å²) in [7, 11) is -1.57. The number of thiophene rings is 2. The third-order valence-electron chi connectivity index (χ3n) is 3.11. The van der Waals surface area contributed by atoms with Gasteiger partial charge in [0.25, 0.3) is 0 Å². The molecule has 3 heterocycles. The van der Waals surface area contributed by atoms with Crippen LogP contribution in [-0.2, 0) is 15.7 Å². The average molecular weight is 338 g/mol. The van der Waals surface area contributed by atoms with Crippen LogP contribution in [0, 0.1) is 0 Å². The smallest absolute Gasteiger partial charge is 0.345 e. The van der Waals surface area contributed by atoms with Crippen molar-refractivity contribution in [2.75, 3.05) is 13.2 Å². The molecule has 0 atom stereocenters. The summed E-state index contributed by atoms with van der Waals surface area (Å²) in [5.74, 6) is 0. The molecule has 8 heteroatoms. The van der Waals surface area contributed by atoms with E-state index >= 15 is 0 Å². The Morgan fingerprint density at radius 2 is 1.85 bits per heavy atom. The number of fused-ring (bicyclic) bond motifs is 1. The summed E-state index contributed by atoms with van der Waals surface area (Å²) < 4.78 is 51.7. The van der Waals surface area contributed by atoms with Crippen molar-refractivity contribution in [3.63, 3.8) is 0 Å². The molecule has 0 unspecified atom stereocenters. The van der Waals surface area contributed by atoms with Crippen molar-refractivity contribution in [3.05, 3.63) is 15.8 Å². The minimum Gasteiger partial charge on any atom is -0.345 e. The van der Waals surface area contributed by atoms with Gasteiger partial charge in [-0.25, -0.2) is 0 Å². The third-order valence-corrected chi connectivity index (χ3v) is 7.77. The van der Waals surface area contributed by atoms with Crippen molar-refractivity contribution in [1.82, 2.24) is 0 Å². The molecule has 0 N–H and O–H groups in total. The molecule has 0 aromatic carbocycles. The fraction of sp³-hybridized carbons (Fsp3) is 0.500. The Balaban J connectivity index is 2.11. The van der Waals surface area contributed by atoms with E-state index in [1.807, 2.05) is 13.1 Å². The topological polar surface area (TPSA) is 18.5 Å². The van der Waals surface area contributed by atoms with Gasteiger partial charge in [0, 0.05) is 9.40 Å². The number of hydrogen-bond acceptors (Lipinski definition) is 4. The molecule has 1 saturated heterocycles. The zero-order valence-electron chi connectivity index (χ0n) is 10.9. The Hall–Kier alpha value is -0.413. The van der Waals surface area contributed by atoms with Crippen LogP contribution in [0.1, 0.15) is 16.0 Å². The molecule has 2 aromatic heterocycles. The lowest BCUT2D eigenvalue weighted by Crippen LogP contribution is -2.28. The van der Waals surface area contributed by atoms with Gasteiger partial charge in [0.05, 0.1) is 26.9 Å². The van der Waals surface area contributed by atoms with Crippen LogP contribution < -0.4 is 5.19 Å². The summed E-state index contributed by atoms with van der Waals surface area (Å²) in [5.41, 5.74) is 0. The normalized spacial score (nSPS) is 17.7. The molecule has 0 amide bonds. The molecular weight excluding hydrogens is 325 g/mol. The number of alkyl halides is 3. The molecule has 1 fully saturated rings. The maximum Gasteiger partial charge on any atom is 0.425 e. The number of rotatable bonds is 2. The first kappa shape index (κ1) is 14.5. The molecule has 20 heavy (non-hydrogen) atoms. The fourth-order valence-electron chi connectivity index (χ4n) is 2.30. The average Bonchev–Trinajstić information content (AvgIpc) is 3.01. The van der Waals surface area contributed by atoms with Gasteiger partial charge < -0.3 is 9.47 Å². The van der Waals surface area contributed by atoms with Crippen LogP contribution in [0.2, 0.25) is 13.1 Å². The minimum absolute atomic E-state index is 0.407. The first-order valence-corrected chi connectivity index (χ1v) is 10.8. The molecule has 1 aliphatic rings. The van der Waals surface area contributed by atoms with E-state index in [2.05, 4.69) is 0 Å². The lowest BCUT2D eigenvalue weighted by Gasteiger charge is -2.10. The van der Waals surface area contributed by atoms with Gasteiger partial charge in [-0.1, -0.05) is 13.1 Å². The van der Waals surface area contributed by atoms with Crippen molar-refractivity contribution in [3.8, 4) is 0 Å². The maximum absolute atomic E-state index is 13.1. The summed E-state index contributed by atoms with van der Waals surface area (Å²) >= 11 is 2.23. The van der Waals surface area contributed by atoms with Crippen molar-refractivity contribution >= 4 is 46.1 Å². The van der Waals surface area contributed by atoms with Crippen LogP contribution in [0.25, 0.3) is 9.40 Å². The second-order valence-corrected chi connectivity index (χ2v) is 9.94. The van der Waals surface area contributed by atoms with E-state index in [4.69, 9.17) is 9.47 Å². The quantitative estimate of drug-likeness (QED) is 0.777. The van der Waals surface area contributed by atoms with E-state index in [1.54, 1.807) is 6.07 Å². The summed E-state index contributed by atoms with van der Waals surface area (Å²) in [6, 6.07) is 1.79. The highest BCUT2D eigenvalue weighted by Gasteiger charge is 2.38. The van der Waals surface area contributed by atoms with E-state index in [1.165, 1.54) is 11.3 Å². The van der Waals surface area contributed by atoms with E-state index < -0.39 is 26.1 Å². The predicted molar refractivity (Wildman–Crippen MR) is 77.9 cm³/mol. The molecule has 3 rings (SSSR count). The number of halogens is 3. The second kappa shape index (κ2) is 5.10. The van der Waals surface area contributed by atoms with Gasteiger partial charge in [-0.3, -0.25) is 0 Å². The molecule has 1 aliphatic heterocycles. The molecule has 0 aliphatic carbocycles. The van der Waals surface area contributed by atoms with Crippen molar-refractivity contribution in [2.24, 2.45) is 0 Å². The highest BCUT2D eigenvalue weighted by atomic mass is 32.1. The molecule has 0 radical (unpaired) electrons. The number of hydrogen-bond donors (Lipinski definition) is 0. The number of ether oxygens (including phenoxy) is 2. The lowest BCUT2D eigenvalue weighted by atomic mass is 10.4. The van der Waals surface area contributed by atoms with Gasteiger partial charge in [-0.15, -0.1) is 22.7 Å². The summed E-state index contributed by atoms with van der Waals surface area (Å²) in [4.78, 5) is 0.452. The predicted octanol–water partition coefficient (Wildman–Crippen LogP) is 3.72. The largest absolute Gasteiger partial charge is 0.425 e. The first-order valence-electron chi connectivity index (χ1n) is 6.24. The molecule has 110 valence electrons. The maximum atomic E-state index is 13.1. The Bertz CT molecular complexity index is 626. The van der Waals surface area contributed by atoms with E-state index in [9.17, 15) is 13.2 Å². The Morgan fingerprint density at radius 3 is 2.40 bits per heavy atom. The Morgan fingerprint density at radius 1 is 1.20 bits per heavy atom. The van der Waals surface area contributed by atoms with Crippen LogP contribution in [0.5, 0.6) is 0 Å². The van der Waals surface area contributed by atoms with Crippen LogP contribution in [0.15, 0.2) is 6.07 Å². The molecule has 2 nitrogen and oxygen atoms in total. The SMILES string of the molecule is C[SiH](C)c1c(C(F)(F)F)sc2cc(C3OCCO3)sc12. The van der Waals surface area contributed by atoms with Crippen molar-refractivity contribution < 1.29 is 22.6 Å². The van der Waals surface area contributed by atoms with Crippen LogP contribution in [-0.4, -0.2) is 22.0 Å². The second-order valence-electron chi connectivity index (χ2n) is 4.91. The first-order chi connectivity index (χ1) is 9.38. The van der Waals surface area contributed by atoms with Gasteiger partial charge in [0.2, 0.25) is 0 Å². The van der Waals surface area contributed by atoms with Crippen molar-refractivity contribution in [2.45, 2.75) is 25.6 Å². The molecule has 0 saturated carbocycles. The minimum atomic E-state index is -4.25. The summed E-state index contributed by atoms with van der Waals surface area (Å²) in [6.07, 6.45) is -4.66. The van der Waals surface area contributed by atoms with Gasteiger partial charge in [-0.05, 0) is 11.3 Å². The van der Waals surface area contributed by atoms with Crippen LogP contribution in [0.3, 0.4) is 0 Å². The molecule has 0 bridgehead atoms. The van der Waals surface area contributed by atoms with Gasteiger partial charge in [0.15, 0.2) is 6.29 Å². The van der Waals surface area contributed by atoms with E-state index in [0.29, 0.717) is 23.1 Å². The van der Waals surface area contributed by atoms with Crippen LogP contribution >= 0.6 is 22.7 Å². The zero-order valence-corrected chi connectivity index (χ0v) is 13.7. The highest BCUT2D eigenvalue weighted by Crippen LogP contribution is 2.42. The van der Waals surface area contributed by atoms with E-state index in [-0.39, 0.29) is 0 Å². The van der Waals surface area contributed by atoms with E-state index in [0.717, 1.165) is 20.9 Å². The third kappa shape index (κ3) is 2.43. The Labute approximate surface area is 123 Å². The van der Waals surface area contributed by atoms with Gasteiger partial charge in [-0.2, -0.15) is 13.2 Å². The summed E-state index contributed by atoms with van der Waals surface area (Å²) in [6.45, 7) is 4.93. The fourth-order valence-corrected chi connectivity index (χ4v) is 7.88. The molecule has 2 aromatic rings. The molecular formula is C12H13F3O2S2Si. The monoisotopic (exact) mass is 338 g/mol. The highest BCUT2D eigenvalue weighted by molar-refractivity contribution is 7.30. The van der Waals surface area contributed by atoms with Gasteiger partial charge >= 0.3 is 6.18 Å². The lowest BCUT2D eigenvalue weighted by molar-refractivity contribution is -0.133. The van der Waals surface area contributed by atoms with Crippen LogP contribution in [0.4, 0.5) is 13.2 Å². The summed E-state index contributed by atoms with van der Waals surface area (Å²) in [5, 5.41) is 0.534. The van der Waals surface area contributed by atoms with Gasteiger partial charge in [0.1, 0.15) is 4.88 Å².